The zero-order valence-electron chi connectivity index (χ0n) is 12.8. The summed E-state index contributed by atoms with van der Waals surface area (Å²) in [5, 5.41) is 5.01. The normalized spacial score (nSPS) is 15.3. The van der Waals surface area contributed by atoms with E-state index < -0.39 is 20.7 Å². The Morgan fingerprint density at radius 3 is 2.09 bits per heavy atom. The van der Waals surface area contributed by atoms with Gasteiger partial charge in [0.2, 0.25) is 10.0 Å². The molecule has 2 aromatic rings. The highest BCUT2D eigenvalue weighted by molar-refractivity contribution is 7.89. The molecule has 120 valence electrons. The van der Waals surface area contributed by atoms with Crippen molar-refractivity contribution < 1.29 is 12.8 Å². The lowest BCUT2D eigenvalue weighted by Crippen LogP contribution is -2.14. The van der Waals surface area contributed by atoms with Crippen molar-refractivity contribution in [2.45, 2.75) is 31.1 Å². The third-order valence-electron chi connectivity index (χ3n) is 4.20. The van der Waals surface area contributed by atoms with Gasteiger partial charge in [0.1, 0.15) is 10.7 Å². The van der Waals surface area contributed by atoms with Gasteiger partial charge >= 0.3 is 0 Å². The van der Waals surface area contributed by atoms with Gasteiger partial charge in [0.25, 0.3) is 0 Å². The first kappa shape index (κ1) is 15.9. The Morgan fingerprint density at radius 1 is 0.957 bits per heavy atom. The third kappa shape index (κ3) is 3.21. The van der Waals surface area contributed by atoms with Crippen LogP contribution in [-0.4, -0.2) is 8.42 Å². The lowest BCUT2D eigenvalue weighted by atomic mass is 9.96. The molecule has 0 aromatic heterocycles. The lowest BCUT2D eigenvalue weighted by Gasteiger charge is -2.10. The predicted molar refractivity (Wildman–Crippen MR) is 89.6 cm³/mol. The van der Waals surface area contributed by atoms with Gasteiger partial charge < -0.3 is 0 Å². The molecule has 1 aliphatic rings. The third-order valence-corrected chi connectivity index (χ3v) is 5.15. The van der Waals surface area contributed by atoms with Crippen LogP contribution in [0.5, 0.6) is 0 Å². The molecule has 2 aromatic carbocycles. The number of halogens is 1. The number of hydrogen-bond donors (Lipinski definition) is 1. The van der Waals surface area contributed by atoms with Crippen molar-refractivity contribution in [2.24, 2.45) is 5.14 Å². The van der Waals surface area contributed by atoms with E-state index in [1.165, 1.54) is 23.3 Å². The summed E-state index contributed by atoms with van der Waals surface area (Å²) in [6.45, 7) is 2.04. The van der Waals surface area contributed by atoms with E-state index in [1.807, 2.05) is 6.92 Å². The van der Waals surface area contributed by atoms with Crippen LogP contribution in [0.2, 0.25) is 0 Å². The minimum Gasteiger partial charge on any atom is -0.225 e. The highest BCUT2D eigenvalue weighted by Gasteiger charge is 2.20. The molecule has 2 N–H and O–H groups in total. The van der Waals surface area contributed by atoms with Gasteiger partial charge in [-0.15, -0.1) is 0 Å². The molecular formula is C18H18FNO2S. The Bertz CT molecular complexity index is 884. The van der Waals surface area contributed by atoms with Gasteiger partial charge in [-0.05, 0) is 60.6 Å². The van der Waals surface area contributed by atoms with Crippen LogP contribution in [0.1, 0.15) is 36.0 Å². The van der Waals surface area contributed by atoms with E-state index >= 15 is 0 Å². The fourth-order valence-electron chi connectivity index (χ4n) is 3.05. The molecule has 0 amide bonds. The fourth-order valence-corrected chi connectivity index (χ4v) is 3.64. The van der Waals surface area contributed by atoms with Crippen molar-refractivity contribution in [2.75, 3.05) is 0 Å². The van der Waals surface area contributed by atoms with Crippen LogP contribution in [0.3, 0.4) is 0 Å². The van der Waals surface area contributed by atoms with Gasteiger partial charge in [0.15, 0.2) is 0 Å². The number of nitrogens with two attached hydrogens (primary N) is 1. The standard InChI is InChI=1S/C18H18FNO2S/c1-12-5-7-13(8-6-12)15-3-2-4-16(15)14-9-10-18(17(19)11-14)23(20,21)22/h5-11H,2-4H2,1H3,(H2,20,21,22). The second-order valence-electron chi connectivity index (χ2n) is 5.87. The van der Waals surface area contributed by atoms with E-state index in [-0.39, 0.29) is 0 Å². The number of benzene rings is 2. The Labute approximate surface area is 135 Å². The first-order valence-corrected chi connectivity index (χ1v) is 9.02. The van der Waals surface area contributed by atoms with Crippen molar-refractivity contribution in [3.05, 3.63) is 65.0 Å². The van der Waals surface area contributed by atoms with E-state index in [9.17, 15) is 12.8 Å². The van der Waals surface area contributed by atoms with Crippen LogP contribution in [0, 0.1) is 12.7 Å². The van der Waals surface area contributed by atoms with Crippen molar-refractivity contribution >= 4 is 21.2 Å². The minimum absolute atomic E-state index is 0.461. The Kier molecular flexibility index (Phi) is 4.08. The molecule has 23 heavy (non-hydrogen) atoms. The van der Waals surface area contributed by atoms with Crippen LogP contribution >= 0.6 is 0 Å². The largest absolute Gasteiger partial charge is 0.240 e. The molecule has 5 heteroatoms. The maximum absolute atomic E-state index is 14.1. The maximum Gasteiger partial charge on any atom is 0.240 e. The van der Waals surface area contributed by atoms with Crippen LogP contribution in [-0.2, 0) is 10.0 Å². The maximum atomic E-state index is 14.1. The zero-order valence-corrected chi connectivity index (χ0v) is 13.7. The first-order chi connectivity index (χ1) is 10.9. The van der Waals surface area contributed by atoms with Gasteiger partial charge in [-0.2, -0.15) is 0 Å². The molecule has 0 unspecified atom stereocenters. The Balaban J connectivity index is 2.07. The van der Waals surface area contributed by atoms with Crippen LogP contribution in [0.4, 0.5) is 4.39 Å². The smallest absolute Gasteiger partial charge is 0.225 e. The second kappa shape index (κ2) is 5.91. The van der Waals surface area contributed by atoms with E-state index in [0.717, 1.165) is 36.0 Å². The molecule has 0 bridgehead atoms. The molecule has 0 spiro atoms. The molecular weight excluding hydrogens is 313 g/mol. The van der Waals surface area contributed by atoms with Crippen LogP contribution < -0.4 is 5.14 Å². The zero-order chi connectivity index (χ0) is 16.6. The number of sulfonamides is 1. The van der Waals surface area contributed by atoms with Crippen molar-refractivity contribution in [3.8, 4) is 0 Å². The minimum atomic E-state index is -4.04. The van der Waals surface area contributed by atoms with Crippen molar-refractivity contribution in [3.63, 3.8) is 0 Å². The molecule has 0 heterocycles. The SMILES string of the molecule is Cc1ccc(C2=C(c3ccc(S(N)(=O)=O)c(F)c3)CCC2)cc1. The van der Waals surface area contributed by atoms with E-state index in [2.05, 4.69) is 24.3 Å². The summed E-state index contributed by atoms with van der Waals surface area (Å²) >= 11 is 0. The Hall–Kier alpha value is -1.98. The van der Waals surface area contributed by atoms with Gasteiger partial charge in [0, 0.05) is 0 Å². The summed E-state index contributed by atoms with van der Waals surface area (Å²) in [4.78, 5) is -0.461. The first-order valence-electron chi connectivity index (χ1n) is 7.48. The average Bonchev–Trinajstić information content (AvgIpc) is 2.96. The molecule has 3 rings (SSSR count). The van der Waals surface area contributed by atoms with E-state index in [1.54, 1.807) is 6.07 Å². The molecule has 0 aliphatic heterocycles. The van der Waals surface area contributed by atoms with Crippen LogP contribution in [0.15, 0.2) is 47.4 Å². The predicted octanol–water partition coefficient (Wildman–Crippen LogP) is 3.88. The summed E-state index contributed by atoms with van der Waals surface area (Å²) in [5.41, 5.74) is 5.33. The summed E-state index contributed by atoms with van der Waals surface area (Å²) in [6.07, 6.45) is 2.81. The molecule has 3 nitrogen and oxygen atoms in total. The van der Waals surface area contributed by atoms with E-state index in [0.29, 0.717) is 0 Å². The number of allylic oxidation sites excluding steroid dienone is 2. The van der Waals surface area contributed by atoms with Gasteiger partial charge in [-0.1, -0.05) is 35.9 Å². The number of aryl methyl sites for hydroxylation is 1. The van der Waals surface area contributed by atoms with Gasteiger partial charge in [0.05, 0.1) is 0 Å². The summed E-state index contributed by atoms with van der Waals surface area (Å²) in [5.74, 6) is -0.798. The fraction of sp³-hybridized carbons (Fsp3) is 0.222. The van der Waals surface area contributed by atoms with E-state index in [4.69, 9.17) is 5.14 Å². The van der Waals surface area contributed by atoms with Gasteiger partial charge in [-0.25, -0.2) is 17.9 Å². The molecule has 0 atom stereocenters. The molecule has 0 radical (unpaired) electrons. The highest BCUT2D eigenvalue weighted by Crippen LogP contribution is 2.40. The summed E-state index contributed by atoms with van der Waals surface area (Å²) in [6, 6.07) is 12.4. The summed E-state index contributed by atoms with van der Waals surface area (Å²) in [7, 11) is -4.04. The van der Waals surface area contributed by atoms with Crippen molar-refractivity contribution in [1.29, 1.82) is 0 Å². The monoisotopic (exact) mass is 331 g/mol. The number of hydrogen-bond acceptors (Lipinski definition) is 2. The molecule has 0 saturated heterocycles. The molecule has 0 saturated carbocycles. The highest BCUT2D eigenvalue weighted by atomic mass is 32.2. The lowest BCUT2D eigenvalue weighted by molar-refractivity contribution is 0.568. The summed E-state index contributed by atoms with van der Waals surface area (Å²) < 4.78 is 36.8. The average molecular weight is 331 g/mol. The second-order valence-corrected chi connectivity index (χ2v) is 7.40. The van der Waals surface area contributed by atoms with Crippen LogP contribution in [0.25, 0.3) is 11.1 Å². The quantitative estimate of drug-likeness (QED) is 0.928. The molecule has 1 aliphatic carbocycles. The number of rotatable bonds is 3. The topological polar surface area (TPSA) is 60.2 Å². The molecule has 0 fully saturated rings. The van der Waals surface area contributed by atoms with Crippen molar-refractivity contribution in [1.82, 2.24) is 0 Å². The van der Waals surface area contributed by atoms with Gasteiger partial charge in [-0.3, -0.25) is 0 Å². The number of primary sulfonamides is 1. The Morgan fingerprint density at radius 2 is 1.52 bits per heavy atom.